The van der Waals surface area contributed by atoms with Crippen LogP contribution < -0.4 is 10.2 Å². The first-order valence-corrected chi connectivity index (χ1v) is 9.64. The third kappa shape index (κ3) is 2.95. The van der Waals surface area contributed by atoms with Crippen molar-refractivity contribution in [1.82, 2.24) is 9.97 Å². The minimum absolute atomic E-state index is 0.114. The Morgan fingerprint density at radius 1 is 1.29 bits per heavy atom. The molecule has 2 N–H and O–H groups in total. The predicted octanol–water partition coefficient (Wildman–Crippen LogP) is 4.01. The van der Waals surface area contributed by atoms with Gasteiger partial charge in [-0.2, -0.15) is 13.2 Å². The van der Waals surface area contributed by atoms with Gasteiger partial charge in [-0.1, -0.05) is 12.1 Å². The molecule has 2 aliphatic rings. The van der Waals surface area contributed by atoms with Crippen molar-refractivity contribution < 1.29 is 27.2 Å². The van der Waals surface area contributed by atoms with Crippen LogP contribution in [0.25, 0.3) is 10.9 Å². The average Bonchev–Trinajstić information content (AvgIpc) is 2.99. The van der Waals surface area contributed by atoms with Crippen LogP contribution in [-0.2, 0) is 16.4 Å². The monoisotopic (exact) mass is 431 g/mol. The molecule has 1 aliphatic heterocycles. The second kappa shape index (κ2) is 6.65. The largest absolute Gasteiger partial charge is 0.418 e. The smallest absolute Gasteiger partial charge is 0.396 e. The number of anilines is 3. The standard InChI is InChI=1S/C22H19F3N4O2/c1-29-16-10-26-18(7-15(16)21(20(29)31)8-12(9-21)11-30)27-17-6-5-13-3-2-4-14(19(13)28-17)22(23,24)25/h2-7,10,12,30H,8-9,11H2,1H3,(H,26,27,28)/i1D3. The highest BCUT2D eigenvalue weighted by molar-refractivity contribution is 6.08. The summed E-state index contributed by atoms with van der Waals surface area (Å²) in [4.78, 5) is 22.2. The summed E-state index contributed by atoms with van der Waals surface area (Å²) in [6.45, 7) is -2.82. The van der Waals surface area contributed by atoms with Crippen molar-refractivity contribution >= 4 is 34.1 Å². The molecule has 0 radical (unpaired) electrons. The van der Waals surface area contributed by atoms with Crippen LogP contribution in [0.2, 0.25) is 0 Å². The number of nitrogens with zero attached hydrogens (tertiary/aromatic N) is 3. The molecule has 3 heterocycles. The molecule has 3 aromatic rings. The van der Waals surface area contributed by atoms with Crippen LogP contribution in [0.3, 0.4) is 0 Å². The molecule has 1 fully saturated rings. The fraction of sp³-hybridized carbons (Fsp3) is 0.318. The third-order valence-corrected chi connectivity index (χ3v) is 6.07. The predicted molar refractivity (Wildman–Crippen MR) is 109 cm³/mol. The molecule has 6 nitrogen and oxygen atoms in total. The Morgan fingerprint density at radius 2 is 2.10 bits per heavy atom. The quantitative estimate of drug-likeness (QED) is 0.655. The number of para-hydroxylation sites is 1. The number of fused-ring (bicyclic) bond motifs is 3. The van der Waals surface area contributed by atoms with Gasteiger partial charge in [-0.15, -0.1) is 0 Å². The molecule has 5 rings (SSSR count). The summed E-state index contributed by atoms with van der Waals surface area (Å²) in [5.41, 5.74) is -1.52. The van der Waals surface area contributed by atoms with E-state index in [1.165, 1.54) is 36.5 Å². The van der Waals surface area contributed by atoms with Crippen molar-refractivity contribution in [3.05, 3.63) is 53.7 Å². The molecular formula is C22H19F3N4O2. The minimum atomic E-state index is -4.57. The maximum absolute atomic E-state index is 13.4. The molecule has 1 aliphatic carbocycles. The van der Waals surface area contributed by atoms with Gasteiger partial charge in [0.2, 0.25) is 5.91 Å². The number of hydrogen-bond donors (Lipinski definition) is 2. The summed E-state index contributed by atoms with van der Waals surface area (Å²) in [5.74, 6) is -0.364. The Hall–Kier alpha value is -3.20. The van der Waals surface area contributed by atoms with E-state index in [4.69, 9.17) is 4.11 Å². The van der Waals surface area contributed by atoms with Crippen molar-refractivity contribution in [3.63, 3.8) is 0 Å². The first-order chi connectivity index (χ1) is 15.9. The number of benzene rings is 1. The van der Waals surface area contributed by atoms with Crippen LogP contribution in [-0.4, -0.2) is 34.6 Å². The Kier molecular flexibility index (Phi) is 3.54. The molecule has 1 spiro atoms. The Bertz CT molecular complexity index is 1310. The number of likely N-dealkylation sites (N-methyl/N-ethyl adjacent to an activating group) is 1. The van der Waals surface area contributed by atoms with Gasteiger partial charge in [0.25, 0.3) is 0 Å². The van der Waals surface area contributed by atoms with Crippen LogP contribution >= 0.6 is 0 Å². The highest BCUT2D eigenvalue weighted by Crippen LogP contribution is 2.55. The Labute approximate surface area is 179 Å². The maximum atomic E-state index is 13.4. The second-order valence-corrected chi connectivity index (χ2v) is 7.96. The molecule has 1 saturated carbocycles. The maximum Gasteiger partial charge on any atom is 0.418 e. The van der Waals surface area contributed by atoms with E-state index < -0.39 is 30.0 Å². The molecule has 9 heteroatoms. The molecule has 2 aromatic heterocycles. The Balaban J connectivity index is 1.54. The van der Waals surface area contributed by atoms with Gasteiger partial charge in [0.1, 0.15) is 11.6 Å². The number of hydrogen-bond acceptors (Lipinski definition) is 5. The highest BCUT2D eigenvalue weighted by atomic mass is 19.4. The van der Waals surface area contributed by atoms with Crippen LogP contribution in [0.1, 0.15) is 28.1 Å². The van der Waals surface area contributed by atoms with Gasteiger partial charge in [0.15, 0.2) is 0 Å². The minimum Gasteiger partial charge on any atom is -0.396 e. The normalized spacial score (nSPS) is 24.5. The molecular weight excluding hydrogens is 409 g/mol. The Morgan fingerprint density at radius 3 is 2.81 bits per heavy atom. The third-order valence-electron chi connectivity index (χ3n) is 6.07. The van der Waals surface area contributed by atoms with Crippen molar-refractivity contribution in [2.45, 2.75) is 24.4 Å². The number of rotatable bonds is 3. The van der Waals surface area contributed by atoms with Gasteiger partial charge in [-0.05, 0) is 48.6 Å². The number of aliphatic hydroxyl groups excluding tert-OH is 1. The van der Waals surface area contributed by atoms with Crippen LogP contribution in [0.5, 0.6) is 0 Å². The zero-order chi connectivity index (χ0) is 24.5. The lowest BCUT2D eigenvalue weighted by Crippen LogP contribution is -2.49. The fourth-order valence-electron chi connectivity index (χ4n) is 4.54. The lowest BCUT2D eigenvalue weighted by molar-refractivity contribution is -0.136. The molecule has 1 aromatic carbocycles. The molecule has 31 heavy (non-hydrogen) atoms. The summed E-state index contributed by atoms with van der Waals surface area (Å²) < 4.78 is 63.6. The van der Waals surface area contributed by atoms with E-state index in [1.807, 2.05) is 0 Å². The zero-order valence-corrected chi connectivity index (χ0v) is 16.1. The summed E-state index contributed by atoms with van der Waals surface area (Å²) in [7, 11) is 0. The van der Waals surface area contributed by atoms with Gasteiger partial charge >= 0.3 is 6.18 Å². The lowest BCUT2D eigenvalue weighted by Gasteiger charge is -2.43. The lowest BCUT2D eigenvalue weighted by atomic mass is 9.59. The second-order valence-electron chi connectivity index (χ2n) is 7.96. The van der Waals surface area contributed by atoms with E-state index in [-0.39, 0.29) is 35.4 Å². The first-order valence-electron chi connectivity index (χ1n) is 11.1. The summed E-state index contributed by atoms with van der Waals surface area (Å²) in [6.07, 6.45) is -2.70. The highest BCUT2D eigenvalue weighted by Gasteiger charge is 2.57. The SMILES string of the molecule is [2H]C([2H])([2H])N1C(=O)C2(CC(CO)C2)c2cc(Nc3ccc4cccc(C(F)(F)F)c4n3)ncc21. The number of amides is 1. The molecule has 160 valence electrons. The molecule has 0 saturated heterocycles. The fourth-order valence-corrected chi connectivity index (χ4v) is 4.54. The summed E-state index contributed by atoms with van der Waals surface area (Å²) in [5, 5.41) is 12.7. The molecule has 0 bridgehead atoms. The number of pyridine rings is 2. The zero-order valence-electron chi connectivity index (χ0n) is 19.1. The van der Waals surface area contributed by atoms with Crippen LogP contribution in [0.4, 0.5) is 30.5 Å². The van der Waals surface area contributed by atoms with Gasteiger partial charge in [0, 0.05) is 23.1 Å². The van der Waals surface area contributed by atoms with E-state index in [1.54, 1.807) is 0 Å². The van der Waals surface area contributed by atoms with Crippen LogP contribution in [0.15, 0.2) is 42.6 Å². The number of carbonyl (C=O) groups is 1. The van der Waals surface area contributed by atoms with E-state index in [9.17, 15) is 23.1 Å². The number of nitrogens with one attached hydrogen (secondary N) is 1. The van der Waals surface area contributed by atoms with Gasteiger partial charge in [-0.25, -0.2) is 9.97 Å². The van der Waals surface area contributed by atoms with Crippen LogP contribution in [0, 0.1) is 5.92 Å². The molecule has 1 amide bonds. The number of alkyl halides is 3. The van der Waals surface area contributed by atoms with Gasteiger partial charge < -0.3 is 15.3 Å². The molecule has 0 unspecified atom stereocenters. The average molecular weight is 431 g/mol. The van der Waals surface area contributed by atoms with Gasteiger partial charge in [-0.3, -0.25) is 4.79 Å². The summed E-state index contributed by atoms with van der Waals surface area (Å²) >= 11 is 0. The molecule has 0 atom stereocenters. The first kappa shape index (κ1) is 16.5. The van der Waals surface area contributed by atoms with Crippen molar-refractivity contribution in [3.8, 4) is 0 Å². The summed E-state index contributed by atoms with van der Waals surface area (Å²) in [6, 6.07) is 8.35. The number of halogens is 3. The van der Waals surface area contributed by atoms with Crippen molar-refractivity contribution in [2.24, 2.45) is 5.92 Å². The van der Waals surface area contributed by atoms with Gasteiger partial charge in [0.05, 0.1) is 28.4 Å². The topological polar surface area (TPSA) is 78.4 Å². The van der Waals surface area contributed by atoms with Crippen molar-refractivity contribution in [2.75, 3.05) is 23.8 Å². The number of aromatic nitrogens is 2. The van der Waals surface area contributed by atoms with Crippen molar-refractivity contribution in [1.29, 1.82) is 0 Å². The number of aliphatic hydroxyl groups is 1. The number of carbonyl (C=O) groups excluding carboxylic acids is 1. The van der Waals surface area contributed by atoms with E-state index in [0.717, 1.165) is 11.0 Å². The van der Waals surface area contributed by atoms with E-state index >= 15 is 0 Å². The van der Waals surface area contributed by atoms with E-state index in [0.29, 0.717) is 23.8 Å². The van der Waals surface area contributed by atoms with E-state index in [2.05, 4.69) is 15.3 Å².